The molecule has 3 aliphatic rings. The number of rotatable bonds is 3. The molecule has 18 heavy (non-hydrogen) atoms. The summed E-state index contributed by atoms with van der Waals surface area (Å²) in [7, 11) is 0. The number of amides is 2. The van der Waals surface area contributed by atoms with E-state index in [-0.39, 0.29) is 17.9 Å². The number of carbonyl (C=O) groups excluding carboxylic acids is 2. The largest absolute Gasteiger partial charge is 0.366 e. The third-order valence-electron chi connectivity index (χ3n) is 3.71. The van der Waals surface area contributed by atoms with Gasteiger partial charge in [-0.25, -0.2) is 0 Å². The lowest BCUT2D eigenvalue weighted by Crippen LogP contribution is -2.50. The smallest absolute Gasteiger partial charge is 0.250 e. The molecule has 2 unspecified atom stereocenters. The number of morpholine rings is 1. The van der Waals surface area contributed by atoms with Crippen molar-refractivity contribution in [1.29, 1.82) is 0 Å². The Balaban J connectivity index is 1.50. The van der Waals surface area contributed by atoms with Crippen molar-refractivity contribution in [3.8, 4) is 0 Å². The van der Waals surface area contributed by atoms with E-state index < -0.39 is 6.10 Å². The highest BCUT2D eigenvalue weighted by atomic mass is 16.5. The Morgan fingerprint density at radius 1 is 1.44 bits per heavy atom. The van der Waals surface area contributed by atoms with Crippen molar-refractivity contribution in [1.82, 2.24) is 15.5 Å². The highest BCUT2D eigenvalue weighted by molar-refractivity contribution is 5.84. The molecule has 2 heterocycles. The number of nitrogens with one attached hydrogen (secondary N) is 2. The van der Waals surface area contributed by atoms with Crippen LogP contribution in [0.15, 0.2) is 0 Å². The Labute approximate surface area is 106 Å². The second-order valence-corrected chi connectivity index (χ2v) is 5.25. The van der Waals surface area contributed by atoms with Crippen LogP contribution in [0.4, 0.5) is 0 Å². The van der Waals surface area contributed by atoms with Gasteiger partial charge in [-0.15, -0.1) is 0 Å². The van der Waals surface area contributed by atoms with Crippen molar-refractivity contribution in [3.05, 3.63) is 0 Å². The molecule has 2 saturated heterocycles. The fourth-order valence-electron chi connectivity index (χ4n) is 2.60. The molecule has 2 aliphatic heterocycles. The van der Waals surface area contributed by atoms with Gasteiger partial charge in [-0.1, -0.05) is 0 Å². The Hall–Kier alpha value is -1.14. The molecular weight excluding hydrogens is 234 g/mol. The van der Waals surface area contributed by atoms with E-state index in [1.165, 1.54) is 0 Å². The molecule has 2 amide bonds. The number of likely N-dealkylation sites (tertiary alicyclic amines) is 1. The van der Waals surface area contributed by atoms with Crippen molar-refractivity contribution in [2.75, 3.05) is 26.2 Å². The second-order valence-electron chi connectivity index (χ2n) is 5.25. The molecule has 1 saturated carbocycles. The van der Waals surface area contributed by atoms with E-state index in [1.807, 2.05) is 4.90 Å². The summed E-state index contributed by atoms with van der Waals surface area (Å²) in [6, 6.07) is 0.392. The van der Waals surface area contributed by atoms with Crippen LogP contribution in [0.2, 0.25) is 0 Å². The van der Waals surface area contributed by atoms with Crippen molar-refractivity contribution >= 4 is 11.8 Å². The molecule has 100 valence electrons. The number of nitrogens with zero attached hydrogens (tertiary/aromatic N) is 1. The van der Waals surface area contributed by atoms with Crippen LogP contribution < -0.4 is 10.6 Å². The SMILES string of the molecule is O=C(NC1CC(=O)N(C2CC2)C1)C1CNCCO1. The number of ether oxygens (including phenoxy) is 1. The molecular formula is C12H19N3O3. The molecule has 6 nitrogen and oxygen atoms in total. The first-order chi connectivity index (χ1) is 8.74. The summed E-state index contributed by atoms with van der Waals surface area (Å²) < 4.78 is 5.39. The molecule has 3 fully saturated rings. The fraction of sp³-hybridized carbons (Fsp3) is 0.833. The maximum absolute atomic E-state index is 11.9. The third-order valence-corrected chi connectivity index (χ3v) is 3.71. The van der Waals surface area contributed by atoms with Crippen LogP contribution in [0.3, 0.4) is 0 Å². The molecule has 0 spiro atoms. The lowest BCUT2D eigenvalue weighted by atomic mass is 10.2. The second kappa shape index (κ2) is 4.85. The van der Waals surface area contributed by atoms with E-state index in [9.17, 15) is 9.59 Å². The van der Waals surface area contributed by atoms with Gasteiger partial charge in [-0.05, 0) is 12.8 Å². The summed E-state index contributed by atoms with van der Waals surface area (Å²) in [6.45, 7) is 2.57. The highest BCUT2D eigenvalue weighted by Gasteiger charge is 2.40. The predicted molar refractivity (Wildman–Crippen MR) is 63.9 cm³/mol. The first-order valence-electron chi connectivity index (χ1n) is 6.66. The van der Waals surface area contributed by atoms with E-state index >= 15 is 0 Å². The molecule has 2 N–H and O–H groups in total. The zero-order valence-corrected chi connectivity index (χ0v) is 10.4. The van der Waals surface area contributed by atoms with Gasteiger partial charge in [0.05, 0.1) is 12.6 Å². The van der Waals surface area contributed by atoms with Crippen LogP contribution in [0.25, 0.3) is 0 Å². The van der Waals surface area contributed by atoms with Crippen molar-refractivity contribution in [2.45, 2.75) is 37.5 Å². The Morgan fingerprint density at radius 3 is 2.94 bits per heavy atom. The summed E-state index contributed by atoms with van der Waals surface area (Å²) in [5, 5.41) is 6.05. The minimum absolute atomic E-state index is 0.0453. The van der Waals surface area contributed by atoms with Gasteiger partial charge >= 0.3 is 0 Å². The highest BCUT2D eigenvalue weighted by Crippen LogP contribution is 2.30. The van der Waals surface area contributed by atoms with Gasteiger partial charge in [0.25, 0.3) is 5.91 Å². The summed E-state index contributed by atoms with van der Waals surface area (Å²) in [6.07, 6.45) is 2.25. The predicted octanol–water partition coefficient (Wildman–Crippen LogP) is -1.15. The van der Waals surface area contributed by atoms with Gasteiger partial charge in [-0.2, -0.15) is 0 Å². The maximum atomic E-state index is 11.9. The van der Waals surface area contributed by atoms with Crippen molar-refractivity contribution < 1.29 is 14.3 Å². The average Bonchev–Trinajstić information content (AvgIpc) is 3.15. The molecule has 0 aromatic rings. The summed E-state index contributed by atoms with van der Waals surface area (Å²) >= 11 is 0. The minimum Gasteiger partial charge on any atom is -0.366 e. The molecule has 2 atom stereocenters. The zero-order valence-electron chi connectivity index (χ0n) is 10.4. The molecule has 6 heteroatoms. The molecule has 3 rings (SSSR count). The van der Waals surface area contributed by atoms with E-state index in [0.29, 0.717) is 32.2 Å². The van der Waals surface area contributed by atoms with Crippen LogP contribution in [-0.4, -0.2) is 61.1 Å². The number of hydrogen-bond acceptors (Lipinski definition) is 4. The summed E-state index contributed by atoms with van der Waals surface area (Å²) in [5.74, 6) is 0.0723. The lowest BCUT2D eigenvalue weighted by Gasteiger charge is -2.24. The molecule has 0 radical (unpaired) electrons. The van der Waals surface area contributed by atoms with Crippen molar-refractivity contribution in [3.63, 3.8) is 0 Å². The van der Waals surface area contributed by atoms with Crippen LogP contribution >= 0.6 is 0 Å². The molecule has 1 aliphatic carbocycles. The van der Waals surface area contributed by atoms with E-state index in [4.69, 9.17) is 4.74 Å². The van der Waals surface area contributed by atoms with E-state index in [2.05, 4.69) is 10.6 Å². The van der Waals surface area contributed by atoms with Gasteiger partial charge in [0.15, 0.2) is 0 Å². The Bertz CT molecular complexity index is 350. The topological polar surface area (TPSA) is 70.7 Å². The normalized spacial score (nSPS) is 32.7. The third kappa shape index (κ3) is 2.49. The van der Waals surface area contributed by atoms with Crippen molar-refractivity contribution in [2.24, 2.45) is 0 Å². The van der Waals surface area contributed by atoms with Crippen LogP contribution in [0.1, 0.15) is 19.3 Å². The lowest BCUT2D eigenvalue weighted by molar-refractivity contribution is -0.134. The Kier molecular flexibility index (Phi) is 3.22. The molecule has 0 aromatic heterocycles. The minimum atomic E-state index is -0.413. The number of hydrogen-bond donors (Lipinski definition) is 2. The standard InChI is InChI=1S/C12H19N3O3/c16-11-5-8(7-15(11)9-1-2-9)14-12(17)10-6-13-3-4-18-10/h8-10,13H,1-7H2,(H,14,17). The van der Waals surface area contributed by atoms with Gasteiger partial charge < -0.3 is 20.3 Å². The van der Waals surface area contributed by atoms with Gasteiger partial charge in [0.2, 0.25) is 5.91 Å². The quantitative estimate of drug-likeness (QED) is 0.666. The average molecular weight is 253 g/mol. The first kappa shape index (κ1) is 11.9. The van der Waals surface area contributed by atoms with Crippen LogP contribution in [-0.2, 0) is 14.3 Å². The van der Waals surface area contributed by atoms with Gasteiger partial charge in [-0.3, -0.25) is 9.59 Å². The van der Waals surface area contributed by atoms with Crippen LogP contribution in [0, 0.1) is 0 Å². The number of carbonyl (C=O) groups is 2. The Morgan fingerprint density at radius 2 is 2.28 bits per heavy atom. The van der Waals surface area contributed by atoms with Gasteiger partial charge in [0, 0.05) is 32.1 Å². The van der Waals surface area contributed by atoms with Crippen LogP contribution in [0.5, 0.6) is 0 Å². The summed E-state index contributed by atoms with van der Waals surface area (Å²) in [4.78, 5) is 25.6. The molecule has 0 bridgehead atoms. The fourth-order valence-corrected chi connectivity index (χ4v) is 2.60. The zero-order chi connectivity index (χ0) is 12.5. The monoisotopic (exact) mass is 253 g/mol. The maximum Gasteiger partial charge on any atom is 0.250 e. The molecule has 0 aromatic carbocycles. The van der Waals surface area contributed by atoms with Gasteiger partial charge in [0.1, 0.15) is 6.10 Å². The summed E-state index contributed by atoms with van der Waals surface area (Å²) in [5.41, 5.74) is 0. The van der Waals surface area contributed by atoms with E-state index in [0.717, 1.165) is 19.4 Å². The first-order valence-corrected chi connectivity index (χ1v) is 6.66. The van der Waals surface area contributed by atoms with E-state index in [1.54, 1.807) is 0 Å².